The van der Waals surface area contributed by atoms with E-state index in [0.717, 1.165) is 17.7 Å². The number of aliphatic carboxylic acids is 1. The van der Waals surface area contributed by atoms with Crippen molar-refractivity contribution in [2.24, 2.45) is 0 Å². The van der Waals surface area contributed by atoms with E-state index in [2.05, 4.69) is 4.72 Å². The summed E-state index contributed by atoms with van der Waals surface area (Å²) in [6.45, 7) is 3.32. The molecular weight excluding hydrogens is 401 g/mol. The zero-order valence-electron chi connectivity index (χ0n) is 16.0. The minimum Gasteiger partial charge on any atom is -0.489 e. The Balaban J connectivity index is 1.80. The van der Waals surface area contributed by atoms with Gasteiger partial charge < -0.3 is 14.6 Å². The summed E-state index contributed by atoms with van der Waals surface area (Å²) < 4.78 is 51.9. The number of carbonyl (C=O) groups is 1. The Kier molecular flexibility index (Phi) is 5.81. The molecular formula is C20H22FNO6S. The van der Waals surface area contributed by atoms with Crippen molar-refractivity contribution in [3.63, 3.8) is 0 Å². The summed E-state index contributed by atoms with van der Waals surface area (Å²) in [6, 6.07) is 9.71. The van der Waals surface area contributed by atoms with Gasteiger partial charge in [-0.15, -0.1) is 0 Å². The van der Waals surface area contributed by atoms with Gasteiger partial charge in [-0.2, -0.15) is 0 Å². The first-order valence-corrected chi connectivity index (χ1v) is 10.5. The van der Waals surface area contributed by atoms with Crippen LogP contribution in [0.1, 0.15) is 31.7 Å². The molecule has 0 amide bonds. The smallest absolute Gasteiger partial charge is 0.347 e. The third-order valence-corrected chi connectivity index (χ3v) is 6.13. The van der Waals surface area contributed by atoms with Gasteiger partial charge in [0, 0.05) is 18.0 Å². The van der Waals surface area contributed by atoms with Crippen LogP contribution in [-0.4, -0.2) is 38.2 Å². The molecule has 2 N–H and O–H groups in total. The first kappa shape index (κ1) is 21.1. The van der Waals surface area contributed by atoms with Gasteiger partial charge in [0.25, 0.3) is 0 Å². The molecule has 3 rings (SSSR count). The molecule has 0 aromatic heterocycles. The van der Waals surface area contributed by atoms with Crippen molar-refractivity contribution in [2.45, 2.75) is 36.7 Å². The maximum absolute atomic E-state index is 13.0. The molecule has 156 valence electrons. The lowest BCUT2D eigenvalue weighted by atomic mass is 9.93. The Morgan fingerprint density at radius 2 is 1.97 bits per heavy atom. The molecule has 0 spiro atoms. The van der Waals surface area contributed by atoms with Gasteiger partial charge in [0.1, 0.15) is 5.82 Å². The number of carboxylic acid groups (broad SMARTS) is 1. The second-order valence-electron chi connectivity index (χ2n) is 7.23. The molecule has 1 aliphatic rings. The molecule has 9 heteroatoms. The zero-order chi connectivity index (χ0) is 21.2. The Morgan fingerprint density at radius 3 is 2.62 bits per heavy atom. The van der Waals surface area contributed by atoms with Gasteiger partial charge in [-0.1, -0.05) is 12.1 Å². The summed E-state index contributed by atoms with van der Waals surface area (Å²) in [4.78, 5) is 11.3. The molecule has 1 aliphatic heterocycles. The lowest BCUT2D eigenvalue weighted by Gasteiger charge is -2.30. The SMILES string of the molecule is CC(C)(Oc1cccc2c1OCCC2CNS(=O)(=O)c1ccc(F)cc1)C(=O)O. The quantitative estimate of drug-likeness (QED) is 0.710. The second-order valence-corrected chi connectivity index (χ2v) is 9.00. The van der Waals surface area contributed by atoms with Crippen molar-refractivity contribution in [3.8, 4) is 11.5 Å². The molecule has 0 radical (unpaired) electrons. The number of hydrogen-bond donors (Lipinski definition) is 2. The lowest BCUT2D eigenvalue weighted by molar-refractivity contribution is -0.152. The maximum atomic E-state index is 13.0. The number of carboxylic acids is 1. The van der Waals surface area contributed by atoms with Gasteiger partial charge in [0.05, 0.1) is 11.5 Å². The number of rotatable bonds is 7. The molecule has 0 saturated carbocycles. The van der Waals surface area contributed by atoms with E-state index < -0.39 is 27.4 Å². The maximum Gasteiger partial charge on any atom is 0.347 e. The number of benzene rings is 2. The normalized spacial score (nSPS) is 16.6. The topological polar surface area (TPSA) is 102 Å². The first-order valence-electron chi connectivity index (χ1n) is 9.03. The fourth-order valence-corrected chi connectivity index (χ4v) is 4.07. The highest BCUT2D eigenvalue weighted by atomic mass is 32.2. The van der Waals surface area contributed by atoms with Crippen molar-refractivity contribution >= 4 is 16.0 Å². The van der Waals surface area contributed by atoms with E-state index in [0.29, 0.717) is 24.5 Å². The molecule has 2 aromatic carbocycles. The van der Waals surface area contributed by atoms with Crippen LogP contribution in [0.5, 0.6) is 11.5 Å². The molecule has 2 aromatic rings. The third-order valence-electron chi connectivity index (χ3n) is 4.69. The van der Waals surface area contributed by atoms with Gasteiger partial charge in [-0.3, -0.25) is 0 Å². The summed E-state index contributed by atoms with van der Waals surface area (Å²) in [6.07, 6.45) is 0.574. The van der Waals surface area contributed by atoms with Crippen LogP contribution in [-0.2, 0) is 14.8 Å². The van der Waals surface area contributed by atoms with Crippen molar-refractivity contribution in [3.05, 3.63) is 53.8 Å². The number of fused-ring (bicyclic) bond motifs is 1. The molecule has 1 unspecified atom stereocenters. The molecule has 1 heterocycles. The average Bonchev–Trinajstić information content (AvgIpc) is 2.66. The van der Waals surface area contributed by atoms with Crippen molar-refractivity contribution in [2.75, 3.05) is 13.2 Å². The highest BCUT2D eigenvalue weighted by molar-refractivity contribution is 7.89. The van der Waals surface area contributed by atoms with E-state index in [1.54, 1.807) is 18.2 Å². The van der Waals surface area contributed by atoms with E-state index in [4.69, 9.17) is 9.47 Å². The highest BCUT2D eigenvalue weighted by Crippen LogP contribution is 2.41. The van der Waals surface area contributed by atoms with Crippen LogP contribution >= 0.6 is 0 Å². The standard InChI is InChI=1S/C20H22FNO6S/c1-20(2,19(23)24)28-17-5-3-4-16-13(10-11-27-18(16)17)12-22-29(25,26)15-8-6-14(21)7-9-15/h3-9,13,22H,10-12H2,1-2H3,(H,23,24). The van der Waals surface area contributed by atoms with Crippen LogP contribution in [0.2, 0.25) is 0 Å². The molecule has 0 fully saturated rings. The Hall–Kier alpha value is -2.65. The van der Waals surface area contributed by atoms with Crippen LogP contribution in [0.15, 0.2) is 47.4 Å². The number of ether oxygens (including phenoxy) is 2. The fraction of sp³-hybridized carbons (Fsp3) is 0.350. The molecule has 7 nitrogen and oxygen atoms in total. The largest absolute Gasteiger partial charge is 0.489 e. The zero-order valence-corrected chi connectivity index (χ0v) is 16.8. The number of nitrogens with one attached hydrogen (secondary N) is 1. The second kappa shape index (κ2) is 8.00. The van der Waals surface area contributed by atoms with E-state index in [1.807, 2.05) is 0 Å². The van der Waals surface area contributed by atoms with Crippen LogP contribution in [0.3, 0.4) is 0 Å². The van der Waals surface area contributed by atoms with Gasteiger partial charge >= 0.3 is 5.97 Å². The van der Waals surface area contributed by atoms with Crippen LogP contribution in [0.25, 0.3) is 0 Å². The third kappa shape index (κ3) is 4.68. The van der Waals surface area contributed by atoms with E-state index in [9.17, 15) is 22.7 Å². The molecule has 29 heavy (non-hydrogen) atoms. The molecule has 0 aliphatic carbocycles. The average molecular weight is 423 g/mol. The van der Waals surface area contributed by atoms with Crippen LogP contribution in [0.4, 0.5) is 4.39 Å². The van der Waals surface area contributed by atoms with Crippen LogP contribution < -0.4 is 14.2 Å². The molecule has 1 atom stereocenters. The van der Waals surface area contributed by atoms with E-state index >= 15 is 0 Å². The minimum absolute atomic E-state index is 0.0218. The first-order chi connectivity index (χ1) is 13.6. The summed E-state index contributed by atoms with van der Waals surface area (Å²) in [5.41, 5.74) is -0.716. The predicted molar refractivity (Wildman–Crippen MR) is 103 cm³/mol. The van der Waals surface area contributed by atoms with E-state index in [1.165, 1.54) is 26.0 Å². The van der Waals surface area contributed by atoms with Gasteiger partial charge in [-0.05, 0) is 50.6 Å². The summed E-state index contributed by atoms with van der Waals surface area (Å²) in [5.74, 6) is -1.11. The van der Waals surface area contributed by atoms with E-state index in [-0.39, 0.29) is 17.4 Å². The molecule has 0 bridgehead atoms. The van der Waals surface area contributed by atoms with Gasteiger partial charge in [0.15, 0.2) is 17.1 Å². The number of hydrogen-bond acceptors (Lipinski definition) is 5. The Bertz CT molecular complexity index is 1000. The molecule has 0 saturated heterocycles. The summed E-state index contributed by atoms with van der Waals surface area (Å²) in [7, 11) is -3.80. The van der Waals surface area contributed by atoms with Crippen molar-refractivity contribution in [1.82, 2.24) is 4.72 Å². The number of para-hydroxylation sites is 1. The predicted octanol–water partition coefficient (Wildman–Crippen LogP) is 2.91. The summed E-state index contributed by atoms with van der Waals surface area (Å²) in [5, 5.41) is 9.29. The fourth-order valence-electron chi connectivity index (χ4n) is 2.99. The Labute approximate surface area is 168 Å². The monoisotopic (exact) mass is 423 g/mol. The number of sulfonamides is 1. The highest BCUT2D eigenvalue weighted by Gasteiger charge is 2.33. The van der Waals surface area contributed by atoms with Gasteiger partial charge in [-0.25, -0.2) is 22.3 Å². The van der Waals surface area contributed by atoms with Gasteiger partial charge in [0.2, 0.25) is 10.0 Å². The number of halogens is 1. The van der Waals surface area contributed by atoms with Crippen molar-refractivity contribution in [1.29, 1.82) is 0 Å². The minimum atomic E-state index is -3.80. The van der Waals surface area contributed by atoms with Crippen molar-refractivity contribution < 1.29 is 32.2 Å². The van der Waals surface area contributed by atoms with Crippen LogP contribution in [0, 0.1) is 5.82 Å². The summed E-state index contributed by atoms with van der Waals surface area (Å²) >= 11 is 0. The lowest BCUT2D eigenvalue weighted by Crippen LogP contribution is -2.38. The Morgan fingerprint density at radius 1 is 1.28 bits per heavy atom.